The number of ether oxygens (including phenoxy) is 2. The maximum Gasteiger partial charge on any atom is 0.119 e. The number of hydrogen-bond donors (Lipinski definition) is 0. The molecular weight excluding hydrogens is 224 g/mol. The number of para-hydroxylation sites is 1. The molecule has 0 atom stereocenters. The first-order chi connectivity index (χ1) is 8.93. The highest BCUT2D eigenvalue weighted by Crippen LogP contribution is 2.10. The van der Waals surface area contributed by atoms with E-state index in [0.717, 1.165) is 25.6 Å². The molecule has 0 aliphatic carbocycles. The Morgan fingerprint density at radius 1 is 0.944 bits per heavy atom. The van der Waals surface area contributed by atoms with Crippen LogP contribution in [0.2, 0.25) is 0 Å². The second-order valence-electron chi connectivity index (χ2n) is 4.54. The zero-order chi connectivity index (χ0) is 12.9. The van der Waals surface area contributed by atoms with Gasteiger partial charge in [-0.1, -0.05) is 57.2 Å². The third kappa shape index (κ3) is 10.2. The van der Waals surface area contributed by atoms with Crippen LogP contribution in [0.3, 0.4) is 0 Å². The Balaban J connectivity index is 0.000000468. The number of hydrogen-bond acceptors (Lipinski definition) is 2. The van der Waals surface area contributed by atoms with E-state index in [0.29, 0.717) is 0 Å². The number of unbranched alkanes of at least 4 members (excludes halogenated alkanes) is 5. The van der Waals surface area contributed by atoms with E-state index in [1.807, 2.05) is 30.3 Å². The third-order valence-electron chi connectivity index (χ3n) is 2.71. The van der Waals surface area contributed by atoms with Gasteiger partial charge in [0.1, 0.15) is 5.75 Å². The fourth-order valence-electron chi connectivity index (χ4n) is 1.59. The van der Waals surface area contributed by atoms with E-state index >= 15 is 0 Å². The van der Waals surface area contributed by atoms with Gasteiger partial charge in [0.05, 0.1) is 19.8 Å². The maximum absolute atomic E-state index is 5.61. The lowest BCUT2D eigenvalue weighted by Gasteiger charge is -2.05. The van der Waals surface area contributed by atoms with Crippen molar-refractivity contribution in [2.45, 2.75) is 45.4 Å². The van der Waals surface area contributed by atoms with Gasteiger partial charge in [-0.2, -0.15) is 0 Å². The highest BCUT2D eigenvalue weighted by atomic mass is 16.6. The summed E-state index contributed by atoms with van der Waals surface area (Å²) in [5, 5.41) is 0. The molecular formula is C16H26O2. The van der Waals surface area contributed by atoms with Crippen LogP contribution in [-0.2, 0) is 4.74 Å². The van der Waals surface area contributed by atoms with Crippen LogP contribution in [0, 0.1) is 0 Å². The minimum atomic E-state index is 0.857. The van der Waals surface area contributed by atoms with Gasteiger partial charge in [-0.3, -0.25) is 0 Å². The largest absolute Gasteiger partial charge is 0.494 e. The third-order valence-corrected chi connectivity index (χ3v) is 2.71. The molecule has 1 aliphatic rings. The Labute approximate surface area is 111 Å². The molecule has 2 rings (SSSR count). The zero-order valence-corrected chi connectivity index (χ0v) is 11.6. The summed E-state index contributed by atoms with van der Waals surface area (Å²) in [7, 11) is 0. The quantitative estimate of drug-likeness (QED) is 0.502. The second kappa shape index (κ2) is 11.1. The van der Waals surface area contributed by atoms with Crippen molar-refractivity contribution in [1.29, 1.82) is 0 Å². The molecule has 0 radical (unpaired) electrons. The molecule has 0 bridgehead atoms. The van der Waals surface area contributed by atoms with E-state index in [2.05, 4.69) is 11.7 Å². The lowest BCUT2D eigenvalue weighted by molar-refractivity contribution is 0.304. The normalized spacial score (nSPS) is 12.5. The average molecular weight is 250 g/mol. The van der Waals surface area contributed by atoms with Crippen molar-refractivity contribution in [2.24, 2.45) is 0 Å². The van der Waals surface area contributed by atoms with Crippen molar-refractivity contribution in [3.8, 4) is 5.75 Å². The monoisotopic (exact) mass is 250 g/mol. The predicted octanol–water partition coefficient (Wildman–Crippen LogP) is 4.44. The van der Waals surface area contributed by atoms with Crippen LogP contribution in [0.25, 0.3) is 0 Å². The Kier molecular flexibility index (Phi) is 9.27. The molecule has 0 spiro atoms. The molecule has 2 nitrogen and oxygen atoms in total. The van der Waals surface area contributed by atoms with E-state index in [1.54, 1.807) is 0 Å². The molecule has 0 saturated carbocycles. The summed E-state index contributed by atoms with van der Waals surface area (Å²) in [6.45, 7) is 5.11. The molecule has 1 saturated heterocycles. The molecule has 102 valence electrons. The molecule has 1 heterocycles. The first kappa shape index (κ1) is 15.0. The standard InChI is InChI=1S/C14H22O.C2H4O/c1-2-3-4-5-6-10-13-15-14-11-8-7-9-12-14;1-2-3-1/h7-9,11-12H,2-6,10,13H2,1H3;1-2H2. The fourth-order valence-corrected chi connectivity index (χ4v) is 1.59. The van der Waals surface area contributed by atoms with Gasteiger partial charge < -0.3 is 9.47 Å². The molecule has 0 aromatic heterocycles. The van der Waals surface area contributed by atoms with Crippen LogP contribution in [0.4, 0.5) is 0 Å². The van der Waals surface area contributed by atoms with Gasteiger partial charge in [0.15, 0.2) is 0 Å². The Hall–Kier alpha value is -1.02. The first-order valence-corrected chi connectivity index (χ1v) is 7.19. The van der Waals surface area contributed by atoms with E-state index in [-0.39, 0.29) is 0 Å². The van der Waals surface area contributed by atoms with Crippen molar-refractivity contribution in [3.63, 3.8) is 0 Å². The number of rotatable bonds is 8. The second-order valence-corrected chi connectivity index (χ2v) is 4.54. The summed E-state index contributed by atoms with van der Waals surface area (Å²) in [4.78, 5) is 0. The summed E-state index contributed by atoms with van der Waals surface area (Å²) in [6.07, 6.45) is 7.90. The fraction of sp³-hybridized carbons (Fsp3) is 0.625. The van der Waals surface area contributed by atoms with E-state index in [4.69, 9.17) is 4.74 Å². The number of benzene rings is 1. The van der Waals surface area contributed by atoms with Crippen molar-refractivity contribution in [3.05, 3.63) is 30.3 Å². The van der Waals surface area contributed by atoms with Crippen LogP contribution in [0.1, 0.15) is 45.4 Å². The van der Waals surface area contributed by atoms with Crippen molar-refractivity contribution >= 4 is 0 Å². The van der Waals surface area contributed by atoms with E-state index in [9.17, 15) is 0 Å². The van der Waals surface area contributed by atoms with Crippen LogP contribution < -0.4 is 4.74 Å². The summed E-state index contributed by atoms with van der Waals surface area (Å²) < 4.78 is 10.1. The Morgan fingerprint density at radius 3 is 2.17 bits per heavy atom. The average Bonchev–Trinajstić information content (AvgIpc) is 3.27. The van der Waals surface area contributed by atoms with Gasteiger partial charge in [0.2, 0.25) is 0 Å². The highest BCUT2D eigenvalue weighted by Gasteiger charge is 1.94. The van der Waals surface area contributed by atoms with Crippen molar-refractivity contribution in [2.75, 3.05) is 19.8 Å². The van der Waals surface area contributed by atoms with Gasteiger partial charge >= 0.3 is 0 Å². The molecule has 1 aromatic carbocycles. The van der Waals surface area contributed by atoms with Crippen LogP contribution in [0.5, 0.6) is 5.75 Å². The first-order valence-electron chi connectivity index (χ1n) is 7.19. The highest BCUT2D eigenvalue weighted by molar-refractivity contribution is 5.20. The Morgan fingerprint density at radius 2 is 1.56 bits per heavy atom. The van der Waals surface area contributed by atoms with Crippen LogP contribution in [-0.4, -0.2) is 19.8 Å². The molecule has 1 aliphatic heterocycles. The van der Waals surface area contributed by atoms with Gasteiger partial charge in [-0.15, -0.1) is 0 Å². The molecule has 0 unspecified atom stereocenters. The Bertz CT molecular complexity index is 267. The molecule has 18 heavy (non-hydrogen) atoms. The molecule has 2 heteroatoms. The van der Waals surface area contributed by atoms with Gasteiger partial charge in [0.25, 0.3) is 0 Å². The number of epoxide rings is 1. The zero-order valence-electron chi connectivity index (χ0n) is 11.6. The van der Waals surface area contributed by atoms with Gasteiger partial charge in [-0.25, -0.2) is 0 Å². The SMILES string of the molecule is C1CO1.CCCCCCCCOc1ccccc1. The van der Waals surface area contributed by atoms with Crippen molar-refractivity contribution in [1.82, 2.24) is 0 Å². The van der Waals surface area contributed by atoms with Crippen LogP contribution in [0.15, 0.2) is 30.3 Å². The maximum atomic E-state index is 5.61. The van der Waals surface area contributed by atoms with E-state index < -0.39 is 0 Å². The predicted molar refractivity (Wildman–Crippen MR) is 76.1 cm³/mol. The molecule has 0 N–H and O–H groups in total. The minimum Gasteiger partial charge on any atom is -0.494 e. The van der Waals surface area contributed by atoms with Gasteiger partial charge in [-0.05, 0) is 18.6 Å². The summed E-state index contributed by atoms with van der Waals surface area (Å²) in [6, 6.07) is 10.1. The molecule has 1 aromatic rings. The van der Waals surface area contributed by atoms with E-state index in [1.165, 1.54) is 38.5 Å². The molecule has 0 amide bonds. The molecule has 1 fully saturated rings. The topological polar surface area (TPSA) is 21.8 Å². The van der Waals surface area contributed by atoms with Crippen molar-refractivity contribution < 1.29 is 9.47 Å². The lowest BCUT2D eigenvalue weighted by Crippen LogP contribution is -1.96. The summed E-state index contributed by atoms with van der Waals surface area (Å²) in [5.74, 6) is 0.992. The summed E-state index contributed by atoms with van der Waals surface area (Å²) in [5.41, 5.74) is 0. The lowest BCUT2D eigenvalue weighted by atomic mass is 10.1. The summed E-state index contributed by atoms with van der Waals surface area (Å²) >= 11 is 0. The van der Waals surface area contributed by atoms with Gasteiger partial charge in [0, 0.05) is 0 Å². The minimum absolute atomic E-state index is 0.857. The smallest absolute Gasteiger partial charge is 0.119 e. The van der Waals surface area contributed by atoms with Crippen LogP contribution >= 0.6 is 0 Å².